The molecule has 0 saturated heterocycles. The third-order valence-corrected chi connectivity index (χ3v) is 5.03. The van der Waals surface area contributed by atoms with Crippen molar-refractivity contribution in [3.05, 3.63) is 28.5 Å². The SMILES string of the molecule is CCC(C)N(CC)C(=O)c1cc(S(=O)(=O)Cl)c(Cl)cc1F. The molecule has 0 spiro atoms. The minimum absolute atomic E-state index is 0.103. The first-order valence-corrected chi connectivity index (χ1v) is 9.06. The summed E-state index contributed by atoms with van der Waals surface area (Å²) in [5, 5.41) is -0.356. The zero-order valence-corrected chi connectivity index (χ0v) is 14.2. The highest BCUT2D eigenvalue weighted by Crippen LogP contribution is 2.28. The zero-order valence-electron chi connectivity index (χ0n) is 11.9. The van der Waals surface area contributed by atoms with Crippen molar-refractivity contribution in [2.24, 2.45) is 0 Å². The summed E-state index contributed by atoms with van der Waals surface area (Å²) in [6.07, 6.45) is 0.690. The molecule has 0 aromatic heterocycles. The quantitative estimate of drug-likeness (QED) is 0.757. The van der Waals surface area contributed by atoms with Crippen molar-refractivity contribution in [1.29, 1.82) is 0 Å². The molecular formula is C13H16Cl2FNO3S. The molecule has 0 aliphatic carbocycles. The van der Waals surface area contributed by atoms with Crippen LogP contribution in [0.5, 0.6) is 0 Å². The first-order valence-electron chi connectivity index (χ1n) is 6.38. The Morgan fingerprint density at radius 1 is 1.38 bits per heavy atom. The van der Waals surface area contributed by atoms with E-state index in [1.54, 1.807) is 6.92 Å². The second-order valence-electron chi connectivity index (χ2n) is 4.55. The molecule has 4 nitrogen and oxygen atoms in total. The molecule has 1 aromatic rings. The monoisotopic (exact) mass is 355 g/mol. The molecule has 1 amide bonds. The lowest BCUT2D eigenvalue weighted by molar-refractivity contribution is 0.0695. The summed E-state index contributed by atoms with van der Waals surface area (Å²) in [4.78, 5) is 13.4. The Hall–Kier alpha value is -0.850. The molecule has 118 valence electrons. The molecule has 1 unspecified atom stereocenters. The van der Waals surface area contributed by atoms with E-state index in [2.05, 4.69) is 0 Å². The number of halogens is 3. The van der Waals surface area contributed by atoms with Gasteiger partial charge in [-0.2, -0.15) is 0 Å². The largest absolute Gasteiger partial charge is 0.336 e. The lowest BCUT2D eigenvalue weighted by atomic mass is 10.1. The first-order chi connectivity index (χ1) is 9.63. The van der Waals surface area contributed by atoms with E-state index >= 15 is 0 Å². The summed E-state index contributed by atoms with van der Waals surface area (Å²) < 4.78 is 36.8. The highest BCUT2D eigenvalue weighted by Gasteiger charge is 2.26. The first kappa shape index (κ1) is 18.2. The van der Waals surface area contributed by atoms with Gasteiger partial charge < -0.3 is 4.90 Å². The molecule has 1 atom stereocenters. The van der Waals surface area contributed by atoms with Gasteiger partial charge in [-0.25, -0.2) is 12.8 Å². The van der Waals surface area contributed by atoms with Gasteiger partial charge in [0.25, 0.3) is 15.0 Å². The molecule has 0 N–H and O–H groups in total. The standard InChI is InChI=1S/C13H16Cl2FNO3S/c1-4-8(3)17(5-2)13(18)9-6-12(21(15,19)20)10(14)7-11(9)16/h6-8H,4-5H2,1-3H3. The smallest absolute Gasteiger partial charge is 0.262 e. The number of carbonyl (C=O) groups is 1. The van der Waals surface area contributed by atoms with Crippen LogP contribution in [-0.4, -0.2) is 31.8 Å². The summed E-state index contributed by atoms with van der Waals surface area (Å²) in [7, 11) is 1.07. The number of hydrogen-bond acceptors (Lipinski definition) is 3. The predicted molar refractivity (Wildman–Crippen MR) is 80.9 cm³/mol. The number of nitrogens with zero attached hydrogens (tertiary/aromatic N) is 1. The van der Waals surface area contributed by atoms with Crippen molar-refractivity contribution >= 4 is 37.2 Å². The van der Waals surface area contributed by atoms with Crippen LogP contribution in [0.3, 0.4) is 0 Å². The van der Waals surface area contributed by atoms with Gasteiger partial charge in [-0.3, -0.25) is 4.79 Å². The molecular weight excluding hydrogens is 340 g/mol. The molecule has 8 heteroatoms. The maximum atomic E-state index is 14.0. The molecule has 0 fully saturated rings. The van der Waals surface area contributed by atoms with Crippen LogP contribution in [0, 0.1) is 5.82 Å². The number of amides is 1. The minimum atomic E-state index is -4.16. The lowest BCUT2D eigenvalue weighted by Gasteiger charge is -2.27. The molecule has 0 heterocycles. The normalized spacial score (nSPS) is 13.0. The van der Waals surface area contributed by atoms with Crippen LogP contribution < -0.4 is 0 Å². The van der Waals surface area contributed by atoms with Crippen LogP contribution in [0.4, 0.5) is 4.39 Å². The number of benzene rings is 1. The van der Waals surface area contributed by atoms with Gasteiger partial charge in [-0.1, -0.05) is 18.5 Å². The maximum absolute atomic E-state index is 14.0. The topological polar surface area (TPSA) is 54.5 Å². The van der Waals surface area contributed by atoms with Crippen LogP contribution in [0.15, 0.2) is 17.0 Å². The summed E-state index contributed by atoms with van der Waals surface area (Å²) in [5.74, 6) is -1.47. The van der Waals surface area contributed by atoms with E-state index in [-0.39, 0.29) is 16.6 Å². The molecule has 0 aliphatic rings. The lowest BCUT2D eigenvalue weighted by Crippen LogP contribution is -2.38. The molecule has 21 heavy (non-hydrogen) atoms. The molecule has 1 aromatic carbocycles. The van der Waals surface area contributed by atoms with Crippen LogP contribution in [0.2, 0.25) is 5.02 Å². The molecule has 0 saturated carbocycles. The Morgan fingerprint density at radius 3 is 2.38 bits per heavy atom. The van der Waals surface area contributed by atoms with Crippen molar-refractivity contribution in [2.75, 3.05) is 6.54 Å². The summed E-state index contributed by atoms with van der Waals surface area (Å²) in [6.45, 7) is 5.86. The Kier molecular flexibility index (Phi) is 6.01. The maximum Gasteiger partial charge on any atom is 0.262 e. The van der Waals surface area contributed by atoms with Gasteiger partial charge in [0.15, 0.2) is 0 Å². The van der Waals surface area contributed by atoms with E-state index in [4.69, 9.17) is 22.3 Å². The summed E-state index contributed by atoms with van der Waals surface area (Å²) in [6, 6.07) is 1.57. The van der Waals surface area contributed by atoms with Crippen molar-refractivity contribution in [2.45, 2.75) is 38.1 Å². The zero-order chi connectivity index (χ0) is 16.4. The fraction of sp³-hybridized carbons (Fsp3) is 0.462. The number of hydrogen-bond donors (Lipinski definition) is 0. The van der Waals surface area contributed by atoms with Crippen LogP contribution in [0.25, 0.3) is 0 Å². The van der Waals surface area contributed by atoms with E-state index < -0.39 is 25.7 Å². The Labute approximate surface area is 133 Å². The van der Waals surface area contributed by atoms with Crippen molar-refractivity contribution < 1.29 is 17.6 Å². The summed E-state index contributed by atoms with van der Waals surface area (Å²) >= 11 is 5.67. The average Bonchev–Trinajstić information content (AvgIpc) is 2.37. The Morgan fingerprint density at radius 2 is 1.95 bits per heavy atom. The molecule has 0 bridgehead atoms. The van der Waals surface area contributed by atoms with Gasteiger partial charge in [0.1, 0.15) is 10.7 Å². The van der Waals surface area contributed by atoms with Gasteiger partial charge in [0, 0.05) is 23.3 Å². The van der Waals surface area contributed by atoms with E-state index in [1.165, 1.54) is 4.90 Å². The van der Waals surface area contributed by atoms with Crippen LogP contribution in [0.1, 0.15) is 37.6 Å². The van der Waals surface area contributed by atoms with Gasteiger partial charge in [0.05, 0.1) is 10.6 Å². The molecule has 0 radical (unpaired) electrons. The van der Waals surface area contributed by atoms with E-state index in [0.717, 1.165) is 12.1 Å². The number of rotatable bonds is 5. The predicted octanol–water partition coefficient (Wildman–Crippen LogP) is 3.67. The summed E-state index contributed by atoms with van der Waals surface area (Å²) in [5.41, 5.74) is -0.360. The van der Waals surface area contributed by atoms with Gasteiger partial charge in [-0.15, -0.1) is 0 Å². The van der Waals surface area contributed by atoms with Crippen molar-refractivity contribution in [3.8, 4) is 0 Å². The second-order valence-corrected chi connectivity index (χ2v) is 7.49. The van der Waals surface area contributed by atoms with E-state index in [0.29, 0.717) is 13.0 Å². The Balaban J connectivity index is 3.40. The van der Waals surface area contributed by atoms with Gasteiger partial charge in [0.2, 0.25) is 0 Å². The fourth-order valence-electron chi connectivity index (χ4n) is 1.91. The molecule has 1 rings (SSSR count). The molecule has 0 aliphatic heterocycles. The van der Waals surface area contributed by atoms with Gasteiger partial charge in [-0.05, 0) is 32.4 Å². The van der Waals surface area contributed by atoms with Gasteiger partial charge >= 0.3 is 0 Å². The fourth-order valence-corrected chi connectivity index (χ4v) is 3.42. The highest BCUT2D eigenvalue weighted by atomic mass is 35.7. The second kappa shape index (κ2) is 6.94. The van der Waals surface area contributed by atoms with E-state index in [1.807, 2.05) is 13.8 Å². The highest BCUT2D eigenvalue weighted by molar-refractivity contribution is 8.13. The average molecular weight is 356 g/mol. The third kappa shape index (κ3) is 4.08. The Bertz CT molecular complexity index is 649. The van der Waals surface area contributed by atoms with E-state index in [9.17, 15) is 17.6 Å². The number of carbonyl (C=O) groups excluding carboxylic acids is 1. The third-order valence-electron chi connectivity index (χ3n) is 3.24. The van der Waals surface area contributed by atoms with Crippen molar-refractivity contribution in [3.63, 3.8) is 0 Å². The van der Waals surface area contributed by atoms with Crippen LogP contribution in [-0.2, 0) is 9.05 Å². The van der Waals surface area contributed by atoms with Crippen LogP contribution >= 0.6 is 22.3 Å². The van der Waals surface area contributed by atoms with Crippen molar-refractivity contribution in [1.82, 2.24) is 4.90 Å². The minimum Gasteiger partial charge on any atom is -0.336 e.